The van der Waals surface area contributed by atoms with Crippen molar-refractivity contribution in [2.75, 3.05) is 18.4 Å². The van der Waals surface area contributed by atoms with Gasteiger partial charge in [-0.05, 0) is 56.0 Å². The van der Waals surface area contributed by atoms with Crippen LogP contribution < -0.4 is 10.6 Å². The molecule has 0 aromatic heterocycles. The molecule has 0 bridgehead atoms. The molecule has 0 aliphatic heterocycles. The van der Waals surface area contributed by atoms with E-state index in [9.17, 15) is 9.18 Å². The van der Waals surface area contributed by atoms with E-state index in [0.29, 0.717) is 12.2 Å². The molecule has 0 spiro atoms. The third kappa shape index (κ3) is 4.63. The number of nitrogens with one attached hydrogen (secondary N) is 2. The van der Waals surface area contributed by atoms with Crippen molar-refractivity contribution in [1.82, 2.24) is 5.32 Å². The predicted molar refractivity (Wildman–Crippen MR) is 72.6 cm³/mol. The highest BCUT2D eigenvalue weighted by Gasteiger charge is 2.20. The Hall–Kier alpha value is -1.13. The van der Waals surface area contributed by atoms with Crippen molar-refractivity contribution < 1.29 is 9.18 Å². The Balaban J connectivity index is 0.00000162. The van der Waals surface area contributed by atoms with E-state index in [2.05, 4.69) is 10.6 Å². The van der Waals surface area contributed by atoms with Gasteiger partial charge in [-0.2, -0.15) is 0 Å². The molecule has 1 aromatic rings. The van der Waals surface area contributed by atoms with Gasteiger partial charge >= 0.3 is 0 Å². The molecule has 3 nitrogen and oxygen atoms in total. The molecule has 1 amide bonds. The van der Waals surface area contributed by atoms with E-state index in [1.807, 2.05) is 0 Å². The highest BCUT2D eigenvalue weighted by molar-refractivity contribution is 5.92. The van der Waals surface area contributed by atoms with E-state index in [1.165, 1.54) is 25.0 Å². The lowest BCUT2D eigenvalue weighted by Gasteiger charge is -2.08. The average Bonchev–Trinajstić information content (AvgIpc) is 3.06. The molecule has 0 unspecified atom stereocenters. The van der Waals surface area contributed by atoms with Crippen molar-refractivity contribution in [3.05, 3.63) is 29.6 Å². The first-order chi connectivity index (χ1) is 8.15. The molecule has 1 aliphatic carbocycles. The van der Waals surface area contributed by atoms with Crippen molar-refractivity contribution in [1.29, 1.82) is 0 Å². The van der Waals surface area contributed by atoms with Crippen LogP contribution in [0.5, 0.6) is 0 Å². The standard InChI is InChI=1S/C13H17FN2O.ClH/c1-9-6-11(14)4-5-12(9)16-13(17)8-15-7-10-2-3-10;/h4-6,10,15H,2-3,7-8H2,1H3,(H,16,17);1H. The van der Waals surface area contributed by atoms with E-state index >= 15 is 0 Å². The zero-order valence-electron chi connectivity index (χ0n) is 10.3. The molecule has 18 heavy (non-hydrogen) atoms. The van der Waals surface area contributed by atoms with Gasteiger partial charge in [0.1, 0.15) is 5.82 Å². The molecule has 5 heteroatoms. The highest BCUT2D eigenvalue weighted by Crippen LogP contribution is 2.27. The van der Waals surface area contributed by atoms with Gasteiger partial charge in [0, 0.05) is 5.69 Å². The number of hydrogen-bond donors (Lipinski definition) is 2. The molecule has 1 aromatic carbocycles. The van der Waals surface area contributed by atoms with Gasteiger partial charge in [-0.25, -0.2) is 4.39 Å². The Kier molecular flexibility index (Phi) is 5.56. The van der Waals surface area contributed by atoms with Gasteiger partial charge in [0.25, 0.3) is 0 Å². The smallest absolute Gasteiger partial charge is 0.238 e. The molecule has 2 rings (SSSR count). The van der Waals surface area contributed by atoms with E-state index in [1.54, 1.807) is 13.0 Å². The van der Waals surface area contributed by atoms with E-state index in [0.717, 1.165) is 18.0 Å². The fourth-order valence-electron chi connectivity index (χ4n) is 1.67. The van der Waals surface area contributed by atoms with Crippen LogP contribution in [0.2, 0.25) is 0 Å². The number of anilines is 1. The summed E-state index contributed by atoms with van der Waals surface area (Å²) in [6, 6.07) is 4.34. The second kappa shape index (κ2) is 6.71. The molecule has 0 atom stereocenters. The minimum absolute atomic E-state index is 0. The van der Waals surface area contributed by atoms with Crippen molar-refractivity contribution >= 4 is 24.0 Å². The summed E-state index contributed by atoms with van der Waals surface area (Å²) < 4.78 is 12.9. The second-order valence-electron chi connectivity index (χ2n) is 4.58. The number of aryl methyl sites for hydroxylation is 1. The predicted octanol–water partition coefficient (Wildman–Crippen LogP) is 2.49. The van der Waals surface area contributed by atoms with Gasteiger partial charge in [-0.1, -0.05) is 0 Å². The summed E-state index contributed by atoms with van der Waals surface area (Å²) in [6.45, 7) is 3.00. The van der Waals surface area contributed by atoms with E-state index in [4.69, 9.17) is 0 Å². The summed E-state index contributed by atoms with van der Waals surface area (Å²) in [5.41, 5.74) is 1.41. The Morgan fingerprint density at radius 3 is 2.78 bits per heavy atom. The van der Waals surface area contributed by atoms with E-state index < -0.39 is 0 Å². The molecular weight excluding hydrogens is 255 g/mol. The van der Waals surface area contributed by atoms with Crippen LogP contribution in [0, 0.1) is 18.7 Å². The monoisotopic (exact) mass is 272 g/mol. The summed E-state index contributed by atoms with van der Waals surface area (Å²) in [4.78, 5) is 11.6. The second-order valence-corrected chi connectivity index (χ2v) is 4.58. The summed E-state index contributed by atoms with van der Waals surface area (Å²) in [7, 11) is 0. The highest BCUT2D eigenvalue weighted by atomic mass is 35.5. The van der Waals surface area contributed by atoms with Crippen LogP contribution >= 0.6 is 12.4 Å². The molecular formula is C13H18ClFN2O. The topological polar surface area (TPSA) is 41.1 Å². The van der Waals surface area contributed by atoms with Gasteiger partial charge in [0.2, 0.25) is 5.91 Å². The molecule has 1 aliphatic rings. The first-order valence-electron chi connectivity index (χ1n) is 5.92. The average molecular weight is 273 g/mol. The number of amides is 1. The SMILES string of the molecule is Cc1cc(F)ccc1NC(=O)CNCC1CC1.Cl. The normalized spacial score (nSPS) is 13.9. The lowest BCUT2D eigenvalue weighted by molar-refractivity contribution is -0.115. The largest absolute Gasteiger partial charge is 0.325 e. The Labute approximate surface area is 113 Å². The maximum Gasteiger partial charge on any atom is 0.238 e. The minimum atomic E-state index is -0.285. The molecule has 0 saturated heterocycles. The first-order valence-corrected chi connectivity index (χ1v) is 5.92. The molecule has 2 N–H and O–H groups in total. The number of rotatable bonds is 5. The van der Waals surface area contributed by atoms with Crippen molar-refractivity contribution in [2.24, 2.45) is 5.92 Å². The van der Waals surface area contributed by atoms with Crippen molar-refractivity contribution in [3.8, 4) is 0 Å². The maximum atomic E-state index is 12.9. The van der Waals surface area contributed by atoms with Crippen LogP contribution in [0.1, 0.15) is 18.4 Å². The summed E-state index contributed by atoms with van der Waals surface area (Å²) >= 11 is 0. The van der Waals surface area contributed by atoms with Crippen molar-refractivity contribution in [2.45, 2.75) is 19.8 Å². The summed E-state index contributed by atoms with van der Waals surface area (Å²) in [6.07, 6.45) is 2.54. The lowest BCUT2D eigenvalue weighted by Crippen LogP contribution is -2.29. The van der Waals surface area contributed by atoms with Gasteiger partial charge in [-0.15, -0.1) is 12.4 Å². The Morgan fingerprint density at radius 2 is 2.17 bits per heavy atom. The molecule has 1 saturated carbocycles. The lowest BCUT2D eigenvalue weighted by atomic mass is 10.2. The Bertz CT molecular complexity index is 421. The first kappa shape index (κ1) is 14.9. The van der Waals surface area contributed by atoms with Crippen LogP contribution in [-0.2, 0) is 4.79 Å². The van der Waals surface area contributed by atoms with Gasteiger partial charge in [0.05, 0.1) is 6.54 Å². The quantitative estimate of drug-likeness (QED) is 0.865. The van der Waals surface area contributed by atoms with Crippen molar-refractivity contribution in [3.63, 3.8) is 0 Å². The van der Waals surface area contributed by atoms with Gasteiger partial charge in [0.15, 0.2) is 0 Å². The molecule has 100 valence electrons. The van der Waals surface area contributed by atoms with Crippen LogP contribution in [-0.4, -0.2) is 19.0 Å². The summed E-state index contributed by atoms with van der Waals surface area (Å²) in [5.74, 6) is 0.392. The number of carbonyl (C=O) groups excluding carboxylic acids is 1. The van der Waals surface area contributed by atoms with Gasteiger partial charge in [-0.3, -0.25) is 4.79 Å². The zero-order chi connectivity index (χ0) is 12.3. The van der Waals surface area contributed by atoms with Crippen LogP contribution in [0.4, 0.5) is 10.1 Å². The summed E-state index contributed by atoms with van der Waals surface area (Å²) in [5, 5.41) is 5.88. The molecule has 1 fully saturated rings. The third-order valence-corrected chi connectivity index (χ3v) is 2.88. The van der Waals surface area contributed by atoms with Gasteiger partial charge < -0.3 is 10.6 Å². The molecule has 0 heterocycles. The fraction of sp³-hybridized carbons (Fsp3) is 0.462. The zero-order valence-corrected chi connectivity index (χ0v) is 11.1. The molecule has 0 radical (unpaired) electrons. The van der Waals surface area contributed by atoms with E-state index in [-0.39, 0.29) is 24.1 Å². The fourth-order valence-corrected chi connectivity index (χ4v) is 1.67. The minimum Gasteiger partial charge on any atom is -0.325 e. The number of hydrogen-bond acceptors (Lipinski definition) is 2. The maximum absolute atomic E-state index is 12.9. The Morgan fingerprint density at radius 1 is 1.44 bits per heavy atom. The van der Waals surface area contributed by atoms with Crippen LogP contribution in [0.25, 0.3) is 0 Å². The number of halogens is 2. The third-order valence-electron chi connectivity index (χ3n) is 2.88. The van der Waals surface area contributed by atoms with Crippen LogP contribution in [0.3, 0.4) is 0 Å². The van der Waals surface area contributed by atoms with Crippen LogP contribution in [0.15, 0.2) is 18.2 Å². The number of carbonyl (C=O) groups is 1. The number of benzene rings is 1.